The molecular weight excluding hydrogens is 354 g/mol. The second-order valence-electron chi connectivity index (χ2n) is 4.91. The number of fused-ring (bicyclic) bond motifs is 1. The minimum Gasteiger partial charge on any atom is -0.384 e. The van der Waals surface area contributed by atoms with Gasteiger partial charge in [-0.1, -0.05) is 29.8 Å². The van der Waals surface area contributed by atoms with Gasteiger partial charge in [-0.15, -0.1) is 0 Å². The molecule has 0 saturated carbocycles. The molecule has 1 atom stereocenters. The van der Waals surface area contributed by atoms with E-state index in [4.69, 9.17) is 11.6 Å². The van der Waals surface area contributed by atoms with Crippen molar-refractivity contribution in [2.45, 2.75) is 12.3 Å². The molecule has 6 heteroatoms. The van der Waals surface area contributed by atoms with Crippen molar-refractivity contribution in [3.63, 3.8) is 0 Å². The number of nitrogens with zero attached hydrogens (tertiary/aromatic N) is 1. The van der Waals surface area contributed by atoms with Gasteiger partial charge in [-0.3, -0.25) is 4.79 Å². The Balaban J connectivity index is 1.69. The highest BCUT2D eigenvalue weighted by Crippen LogP contribution is 2.33. The Hall–Kier alpha value is -1.59. The molecule has 2 N–H and O–H groups in total. The lowest BCUT2D eigenvalue weighted by atomic mass is 9.97. The minimum atomic E-state index is -0.0692. The number of hydrogen-bond donors (Lipinski definition) is 2. The SMILES string of the molecule is O=C(CC1CNc2ccccc21)Nc1cc(Br)cnc1Cl. The van der Waals surface area contributed by atoms with Crippen molar-refractivity contribution in [1.29, 1.82) is 0 Å². The second kappa shape index (κ2) is 6.03. The number of nitrogens with one attached hydrogen (secondary N) is 2. The van der Waals surface area contributed by atoms with Gasteiger partial charge in [0.15, 0.2) is 5.15 Å². The number of rotatable bonds is 3. The van der Waals surface area contributed by atoms with Crippen LogP contribution in [0.5, 0.6) is 0 Å². The van der Waals surface area contributed by atoms with Gasteiger partial charge in [0.05, 0.1) is 5.69 Å². The van der Waals surface area contributed by atoms with Crippen molar-refractivity contribution >= 4 is 44.8 Å². The zero-order valence-corrected chi connectivity index (χ0v) is 13.4. The number of carbonyl (C=O) groups excluding carboxylic acids is 1. The van der Waals surface area contributed by atoms with E-state index in [1.165, 1.54) is 5.56 Å². The fraction of sp³-hybridized carbons (Fsp3) is 0.200. The molecule has 1 amide bonds. The van der Waals surface area contributed by atoms with E-state index in [0.717, 1.165) is 16.7 Å². The third-order valence-electron chi connectivity index (χ3n) is 3.45. The first-order valence-corrected chi connectivity index (χ1v) is 7.74. The molecule has 1 unspecified atom stereocenters. The van der Waals surface area contributed by atoms with Crippen LogP contribution in [0.15, 0.2) is 41.0 Å². The lowest BCUT2D eigenvalue weighted by Gasteiger charge is -2.11. The molecule has 0 saturated heterocycles. The zero-order chi connectivity index (χ0) is 14.8. The molecule has 2 heterocycles. The lowest BCUT2D eigenvalue weighted by Crippen LogP contribution is -2.17. The summed E-state index contributed by atoms with van der Waals surface area (Å²) in [5.74, 6) is 0.111. The summed E-state index contributed by atoms with van der Waals surface area (Å²) >= 11 is 9.29. The Bertz CT molecular complexity index is 692. The van der Waals surface area contributed by atoms with Crippen molar-refractivity contribution in [3.8, 4) is 0 Å². The lowest BCUT2D eigenvalue weighted by molar-refractivity contribution is -0.116. The number of carbonyl (C=O) groups is 1. The maximum absolute atomic E-state index is 12.2. The number of halogens is 2. The van der Waals surface area contributed by atoms with Gasteiger partial charge in [0.25, 0.3) is 0 Å². The minimum absolute atomic E-state index is 0.0692. The molecule has 1 aromatic heterocycles. The van der Waals surface area contributed by atoms with E-state index in [1.807, 2.05) is 18.2 Å². The Morgan fingerprint density at radius 1 is 1.48 bits per heavy atom. The monoisotopic (exact) mass is 365 g/mol. The van der Waals surface area contributed by atoms with Gasteiger partial charge in [-0.2, -0.15) is 0 Å². The van der Waals surface area contributed by atoms with Crippen LogP contribution in [-0.4, -0.2) is 17.4 Å². The van der Waals surface area contributed by atoms with E-state index in [1.54, 1.807) is 12.3 Å². The molecule has 1 aliphatic heterocycles. The maximum atomic E-state index is 12.2. The zero-order valence-electron chi connectivity index (χ0n) is 11.1. The van der Waals surface area contributed by atoms with Gasteiger partial charge in [-0.05, 0) is 33.6 Å². The van der Waals surface area contributed by atoms with Gasteiger partial charge in [0, 0.05) is 35.2 Å². The van der Waals surface area contributed by atoms with Crippen molar-refractivity contribution in [1.82, 2.24) is 4.98 Å². The van der Waals surface area contributed by atoms with Gasteiger partial charge in [0.2, 0.25) is 5.91 Å². The van der Waals surface area contributed by atoms with Crippen LogP contribution in [0.4, 0.5) is 11.4 Å². The molecule has 0 fully saturated rings. The highest BCUT2D eigenvalue weighted by Gasteiger charge is 2.24. The number of pyridine rings is 1. The van der Waals surface area contributed by atoms with Crippen LogP contribution >= 0.6 is 27.5 Å². The number of para-hydroxylation sites is 1. The molecule has 0 bridgehead atoms. The maximum Gasteiger partial charge on any atom is 0.225 e. The molecule has 1 aromatic carbocycles. The summed E-state index contributed by atoms with van der Waals surface area (Å²) in [5, 5.41) is 6.42. The Kier molecular flexibility index (Phi) is 4.12. The van der Waals surface area contributed by atoms with Crippen LogP contribution in [0.3, 0.4) is 0 Å². The van der Waals surface area contributed by atoms with Crippen LogP contribution in [0.25, 0.3) is 0 Å². The predicted molar refractivity (Wildman–Crippen MR) is 87.9 cm³/mol. The third kappa shape index (κ3) is 3.19. The average Bonchev–Trinajstić information content (AvgIpc) is 2.86. The molecule has 0 spiro atoms. The number of anilines is 2. The van der Waals surface area contributed by atoms with E-state index >= 15 is 0 Å². The van der Waals surface area contributed by atoms with E-state index in [0.29, 0.717) is 12.1 Å². The highest BCUT2D eigenvalue weighted by atomic mass is 79.9. The van der Waals surface area contributed by atoms with Crippen molar-refractivity contribution in [2.75, 3.05) is 17.2 Å². The molecule has 21 heavy (non-hydrogen) atoms. The quantitative estimate of drug-likeness (QED) is 0.806. The van der Waals surface area contributed by atoms with Crippen LogP contribution in [0.1, 0.15) is 17.9 Å². The van der Waals surface area contributed by atoms with E-state index in [9.17, 15) is 4.79 Å². The molecule has 108 valence electrons. The van der Waals surface area contributed by atoms with E-state index in [2.05, 4.69) is 37.6 Å². The largest absolute Gasteiger partial charge is 0.384 e. The van der Waals surface area contributed by atoms with Gasteiger partial charge < -0.3 is 10.6 Å². The summed E-state index contributed by atoms with van der Waals surface area (Å²) in [6.07, 6.45) is 2.00. The van der Waals surface area contributed by atoms with Crippen LogP contribution in [-0.2, 0) is 4.79 Å². The highest BCUT2D eigenvalue weighted by molar-refractivity contribution is 9.10. The average molecular weight is 367 g/mol. The summed E-state index contributed by atoms with van der Waals surface area (Å²) in [6.45, 7) is 0.775. The van der Waals surface area contributed by atoms with Gasteiger partial charge in [-0.25, -0.2) is 4.98 Å². The standard InChI is InChI=1S/C15H13BrClN3O/c16-10-6-13(15(17)19-8-10)20-14(21)5-9-7-18-12-4-2-1-3-11(9)12/h1-4,6,8-9,18H,5,7H2,(H,20,21). The number of hydrogen-bond acceptors (Lipinski definition) is 3. The Morgan fingerprint density at radius 2 is 2.29 bits per heavy atom. The normalized spacial score (nSPS) is 16.2. The summed E-state index contributed by atoms with van der Waals surface area (Å²) < 4.78 is 0.773. The molecule has 2 aromatic rings. The fourth-order valence-electron chi connectivity index (χ4n) is 2.47. The number of amides is 1. The number of benzene rings is 1. The fourth-order valence-corrected chi connectivity index (χ4v) is 2.96. The van der Waals surface area contributed by atoms with Crippen molar-refractivity contribution in [3.05, 3.63) is 51.7 Å². The van der Waals surface area contributed by atoms with Crippen LogP contribution in [0.2, 0.25) is 5.15 Å². The predicted octanol–water partition coefficient (Wildman–Crippen LogP) is 4.04. The summed E-state index contributed by atoms with van der Waals surface area (Å²) in [7, 11) is 0. The molecular formula is C15H13BrClN3O. The summed E-state index contributed by atoms with van der Waals surface area (Å²) in [5.41, 5.74) is 2.82. The van der Waals surface area contributed by atoms with Crippen molar-refractivity contribution < 1.29 is 4.79 Å². The summed E-state index contributed by atoms with van der Waals surface area (Å²) in [4.78, 5) is 16.2. The molecule has 0 radical (unpaired) electrons. The molecule has 4 nitrogen and oxygen atoms in total. The van der Waals surface area contributed by atoms with E-state index in [-0.39, 0.29) is 17.0 Å². The molecule has 1 aliphatic rings. The van der Waals surface area contributed by atoms with E-state index < -0.39 is 0 Å². The summed E-state index contributed by atoms with van der Waals surface area (Å²) in [6, 6.07) is 9.81. The first kappa shape index (κ1) is 14.4. The Labute approximate surface area is 136 Å². The Morgan fingerprint density at radius 3 is 3.14 bits per heavy atom. The smallest absolute Gasteiger partial charge is 0.225 e. The molecule has 3 rings (SSSR count). The van der Waals surface area contributed by atoms with Crippen LogP contribution < -0.4 is 10.6 Å². The molecule has 0 aliphatic carbocycles. The van der Waals surface area contributed by atoms with Gasteiger partial charge >= 0.3 is 0 Å². The van der Waals surface area contributed by atoms with Crippen molar-refractivity contribution in [2.24, 2.45) is 0 Å². The second-order valence-corrected chi connectivity index (χ2v) is 6.18. The third-order valence-corrected chi connectivity index (χ3v) is 4.19. The van der Waals surface area contributed by atoms with Gasteiger partial charge in [0.1, 0.15) is 0 Å². The number of aromatic nitrogens is 1. The first-order valence-electron chi connectivity index (χ1n) is 6.57. The van der Waals surface area contributed by atoms with Crippen LogP contribution in [0, 0.1) is 0 Å². The topological polar surface area (TPSA) is 54.0 Å². The first-order chi connectivity index (χ1) is 10.1.